The molecular formula is C11H16F2N2O4. The second kappa shape index (κ2) is 5.79. The van der Waals surface area contributed by atoms with Gasteiger partial charge in [-0.15, -0.1) is 0 Å². The Kier molecular flexibility index (Phi) is 4.31. The number of amides is 2. The monoisotopic (exact) mass is 278 g/mol. The molecule has 0 saturated carbocycles. The Labute approximate surface area is 109 Å². The van der Waals surface area contributed by atoms with Gasteiger partial charge in [0.05, 0.1) is 19.3 Å². The third kappa shape index (κ3) is 3.38. The van der Waals surface area contributed by atoms with Gasteiger partial charge in [-0.3, -0.25) is 9.59 Å². The van der Waals surface area contributed by atoms with Crippen molar-refractivity contribution in [2.45, 2.75) is 25.7 Å². The molecular weight excluding hydrogens is 262 g/mol. The zero-order valence-electron chi connectivity index (χ0n) is 10.6. The largest absolute Gasteiger partial charge is 0.365 e. The molecule has 6 nitrogen and oxygen atoms in total. The Morgan fingerprint density at radius 1 is 1.26 bits per heavy atom. The van der Waals surface area contributed by atoms with Gasteiger partial charge in [0.25, 0.3) is 5.91 Å². The van der Waals surface area contributed by atoms with Gasteiger partial charge in [0.1, 0.15) is 0 Å². The Balaban J connectivity index is 1.79. The van der Waals surface area contributed by atoms with E-state index in [0.717, 1.165) is 0 Å². The molecule has 2 amide bonds. The van der Waals surface area contributed by atoms with Crippen LogP contribution in [0.15, 0.2) is 0 Å². The number of morpholine rings is 1. The molecule has 2 aliphatic heterocycles. The number of alkyl halides is 2. The summed E-state index contributed by atoms with van der Waals surface area (Å²) < 4.78 is 33.5. The molecule has 2 heterocycles. The molecule has 0 N–H and O–H groups in total. The number of hydrogen-bond donors (Lipinski definition) is 0. The molecule has 2 aliphatic rings. The SMILES string of the molecule is CC(=O)N1CCOC(C(=O)N2CC(OC(F)F)C2)C1. The fraction of sp³-hybridized carbons (Fsp3) is 0.818. The predicted octanol–water partition coefficient (Wildman–Crippen LogP) is -0.316. The Bertz CT molecular complexity index is 361. The van der Waals surface area contributed by atoms with Gasteiger partial charge in [-0.2, -0.15) is 8.78 Å². The minimum absolute atomic E-state index is 0.108. The fourth-order valence-electron chi connectivity index (χ4n) is 2.14. The molecule has 2 saturated heterocycles. The number of nitrogens with zero attached hydrogens (tertiary/aromatic N) is 2. The van der Waals surface area contributed by atoms with Crippen LogP contribution >= 0.6 is 0 Å². The number of hydrogen-bond acceptors (Lipinski definition) is 4. The van der Waals surface area contributed by atoms with Crippen molar-refractivity contribution in [1.82, 2.24) is 9.80 Å². The Hall–Kier alpha value is -1.28. The number of carbonyl (C=O) groups excluding carboxylic acids is 2. The van der Waals surface area contributed by atoms with Gasteiger partial charge >= 0.3 is 6.61 Å². The van der Waals surface area contributed by atoms with Crippen molar-refractivity contribution in [2.24, 2.45) is 0 Å². The lowest BCUT2D eigenvalue weighted by Gasteiger charge is -2.42. The molecule has 0 aliphatic carbocycles. The van der Waals surface area contributed by atoms with Crippen molar-refractivity contribution in [2.75, 3.05) is 32.8 Å². The lowest BCUT2D eigenvalue weighted by Crippen LogP contribution is -2.60. The lowest BCUT2D eigenvalue weighted by molar-refractivity contribution is -0.203. The van der Waals surface area contributed by atoms with Crippen molar-refractivity contribution in [3.63, 3.8) is 0 Å². The van der Waals surface area contributed by atoms with Gasteiger partial charge in [-0.25, -0.2) is 0 Å². The van der Waals surface area contributed by atoms with Crippen molar-refractivity contribution in [1.29, 1.82) is 0 Å². The summed E-state index contributed by atoms with van der Waals surface area (Å²) in [6.45, 7) is -0.113. The molecule has 0 aromatic heterocycles. The maximum atomic E-state index is 12.0. The fourth-order valence-corrected chi connectivity index (χ4v) is 2.14. The number of halogens is 2. The number of likely N-dealkylation sites (tertiary alicyclic amines) is 1. The Morgan fingerprint density at radius 3 is 2.53 bits per heavy atom. The second-order valence-electron chi connectivity index (χ2n) is 4.59. The van der Waals surface area contributed by atoms with E-state index in [2.05, 4.69) is 4.74 Å². The summed E-state index contributed by atoms with van der Waals surface area (Å²) >= 11 is 0. The highest BCUT2D eigenvalue weighted by Crippen LogP contribution is 2.18. The zero-order chi connectivity index (χ0) is 14.0. The lowest BCUT2D eigenvalue weighted by atomic mass is 10.1. The second-order valence-corrected chi connectivity index (χ2v) is 4.59. The summed E-state index contributed by atoms with van der Waals surface area (Å²) in [5, 5.41) is 0. The number of carbonyl (C=O) groups is 2. The van der Waals surface area contributed by atoms with Crippen molar-refractivity contribution in [3.8, 4) is 0 Å². The van der Waals surface area contributed by atoms with Crippen LogP contribution in [0.25, 0.3) is 0 Å². The maximum absolute atomic E-state index is 12.0. The van der Waals surface area contributed by atoms with E-state index in [1.165, 1.54) is 11.8 Å². The molecule has 108 valence electrons. The molecule has 8 heteroatoms. The van der Waals surface area contributed by atoms with E-state index in [1.54, 1.807) is 4.90 Å². The standard InChI is InChI=1S/C11H16F2N2O4/c1-7(16)14-2-3-18-9(6-14)10(17)15-4-8(5-15)19-11(12)13/h8-9,11H,2-6H2,1H3. The summed E-state index contributed by atoms with van der Waals surface area (Å²) in [7, 11) is 0. The highest BCUT2D eigenvalue weighted by atomic mass is 19.3. The van der Waals surface area contributed by atoms with Gasteiger partial charge < -0.3 is 19.3 Å². The zero-order valence-corrected chi connectivity index (χ0v) is 10.6. The first-order valence-electron chi connectivity index (χ1n) is 6.07. The highest BCUT2D eigenvalue weighted by Gasteiger charge is 2.38. The average molecular weight is 278 g/mol. The molecule has 1 unspecified atom stereocenters. The molecule has 1 atom stereocenters. The molecule has 2 rings (SSSR count). The summed E-state index contributed by atoms with van der Waals surface area (Å²) in [4.78, 5) is 26.2. The van der Waals surface area contributed by atoms with Crippen molar-refractivity contribution < 1.29 is 27.8 Å². The van der Waals surface area contributed by atoms with Crippen LogP contribution in [0.5, 0.6) is 0 Å². The minimum Gasteiger partial charge on any atom is -0.365 e. The third-order valence-electron chi connectivity index (χ3n) is 3.24. The molecule has 0 aromatic rings. The third-order valence-corrected chi connectivity index (χ3v) is 3.24. The first-order chi connectivity index (χ1) is 8.97. The van der Waals surface area contributed by atoms with Crippen LogP contribution in [0.3, 0.4) is 0 Å². The van der Waals surface area contributed by atoms with E-state index >= 15 is 0 Å². The van der Waals surface area contributed by atoms with E-state index in [9.17, 15) is 18.4 Å². The molecule has 0 spiro atoms. The first kappa shape index (κ1) is 14.1. The van der Waals surface area contributed by atoms with Crippen LogP contribution < -0.4 is 0 Å². The Morgan fingerprint density at radius 2 is 1.95 bits per heavy atom. The van der Waals surface area contributed by atoms with Crippen molar-refractivity contribution >= 4 is 11.8 Å². The van der Waals surface area contributed by atoms with E-state index in [0.29, 0.717) is 13.2 Å². The molecule has 19 heavy (non-hydrogen) atoms. The number of rotatable bonds is 3. The molecule has 0 bridgehead atoms. The van der Waals surface area contributed by atoms with Gasteiger partial charge in [-0.1, -0.05) is 0 Å². The normalized spacial score (nSPS) is 24.5. The van der Waals surface area contributed by atoms with Crippen molar-refractivity contribution in [3.05, 3.63) is 0 Å². The molecule has 0 aromatic carbocycles. The predicted molar refractivity (Wildman–Crippen MR) is 59.5 cm³/mol. The van der Waals surface area contributed by atoms with Crippen LogP contribution in [-0.4, -0.2) is 73.2 Å². The number of ether oxygens (including phenoxy) is 2. The topological polar surface area (TPSA) is 59.1 Å². The molecule has 0 radical (unpaired) electrons. The van der Waals surface area contributed by atoms with Gasteiger partial charge in [0.2, 0.25) is 5.91 Å². The van der Waals surface area contributed by atoms with Crippen LogP contribution in [0, 0.1) is 0 Å². The summed E-state index contributed by atoms with van der Waals surface area (Å²) in [6.07, 6.45) is -1.32. The van der Waals surface area contributed by atoms with E-state index in [4.69, 9.17) is 4.74 Å². The average Bonchev–Trinajstić information content (AvgIpc) is 2.32. The summed E-state index contributed by atoms with van der Waals surface area (Å²) in [6, 6.07) is 0. The van der Waals surface area contributed by atoms with Crippen LogP contribution in [0.2, 0.25) is 0 Å². The highest BCUT2D eigenvalue weighted by molar-refractivity contribution is 5.83. The van der Waals surface area contributed by atoms with Gasteiger partial charge in [0.15, 0.2) is 6.10 Å². The summed E-state index contributed by atoms with van der Waals surface area (Å²) in [5.41, 5.74) is 0. The van der Waals surface area contributed by atoms with E-state index < -0.39 is 18.8 Å². The molecule has 2 fully saturated rings. The van der Waals surface area contributed by atoms with Crippen LogP contribution in [-0.2, 0) is 19.1 Å². The maximum Gasteiger partial charge on any atom is 0.345 e. The summed E-state index contributed by atoms with van der Waals surface area (Å²) in [5.74, 6) is -0.385. The van der Waals surface area contributed by atoms with Crippen LogP contribution in [0.1, 0.15) is 6.92 Å². The van der Waals surface area contributed by atoms with E-state index in [-0.39, 0.29) is 31.4 Å². The quantitative estimate of drug-likeness (QED) is 0.710. The van der Waals surface area contributed by atoms with Gasteiger partial charge in [-0.05, 0) is 0 Å². The van der Waals surface area contributed by atoms with Gasteiger partial charge in [0, 0.05) is 26.6 Å². The minimum atomic E-state index is -2.82. The van der Waals surface area contributed by atoms with E-state index in [1.807, 2.05) is 0 Å². The first-order valence-corrected chi connectivity index (χ1v) is 6.07. The van der Waals surface area contributed by atoms with Crippen LogP contribution in [0.4, 0.5) is 8.78 Å². The smallest absolute Gasteiger partial charge is 0.345 e.